The van der Waals surface area contributed by atoms with E-state index in [0.29, 0.717) is 13.0 Å². The van der Waals surface area contributed by atoms with Gasteiger partial charge in [-0.15, -0.1) is 0 Å². The van der Waals surface area contributed by atoms with Gasteiger partial charge in [0.25, 0.3) is 0 Å². The maximum absolute atomic E-state index is 11.1. The van der Waals surface area contributed by atoms with E-state index in [2.05, 4.69) is 0 Å². The molecule has 13 heavy (non-hydrogen) atoms. The van der Waals surface area contributed by atoms with E-state index in [1.165, 1.54) is 0 Å². The molecule has 3 nitrogen and oxygen atoms in total. The van der Waals surface area contributed by atoms with E-state index in [0.717, 1.165) is 12.8 Å². The second-order valence-electron chi connectivity index (χ2n) is 2.64. The Labute approximate surface area is 103 Å². The van der Waals surface area contributed by atoms with E-state index in [1.807, 2.05) is 19.9 Å². The smallest absolute Gasteiger partial charge is 1.00 e. The van der Waals surface area contributed by atoms with Crippen LogP contribution in [0.25, 0.3) is 0 Å². The van der Waals surface area contributed by atoms with E-state index in [4.69, 9.17) is 10.00 Å². The minimum absolute atomic E-state index is 0. The van der Waals surface area contributed by atoms with Gasteiger partial charge in [-0.25, -0.2) is 0 Å². The molecule has 70 valence electrons. The van der Waals surface area contributed by atoms with E-state index in [1.54, 1.807) is 0 Å². The Balaban J connectivity index is -0.000000605. The Morgan fingerprint density at radius 1 is 1.54 bits per heavy atom. The summed E-state index contributed by atoms with van der Waals surface area (Å²) in [6.45, 7) is 4.28. The fourth-order valence-corrected chi connectivity index (χ4v) is 0.827. The van der Waals surface area contributed by atoms with Crippen LogP contribution in [0.1, 0.15) is 34.5 Å². The van der Waals surface area contributed by atoms with Crippen LogP contribution in [-0.2, 0) is 9.53 Å². The molecule has 1 atom stereocenters. The Hall–Kier alpha value is -0.0400. The minimum atomic E-state index is -0.568. The summed E-state index contributed by atoms with van der Waals surface area (Å²) in [5.41, 5.74) is 0. The van der Waals surface area contributed by atoms with Crippen molar-refractivity contribution in [3.05, 3.63) is 0 Å². The SMILES string of the molecule is CCCOC(=O)C(C#N)CCC.[H-].[Na+]. The monoisotopic (exact) mass is 193 g/mol. The van der Waals surface area contributed by atoms with E-state index in [9.17, 15) is 4.79 Å². The molecule has 0 saturated carbocycles. The fraction of sp³-hybridized carbons (Fsp3) is 0.778. The molecule has 1 unspecified atom stereocenters. The molecule has 4 heteroatoms. The normalized spacial score (nSPS) is 10.8. The second-order valence-corrected chi connectivity index (χ2v) is 2.64. The summed E-state index contributed by atoms with van der Waals surface area (Å²) in [6, 6.07) is 1.94. The first-order chi connectivity index (χ1) is 5.76. The topological polar surface area (TPSA) is 50.1 Å². The van der Waals surface area contributed by atoms with Gasteiger partial charge in [0.15, 0.2) is 0 Å². The Morgan fingerprint density at radius 2 is 2.15 bits per heavy atom. The third kappa shape index (κ3) is 7.06. The largest absolute Gasteiger partial charge is 1.00 e. The van der Waals surface area contributed by atoms with Crippen molar-refractivity contribution < 1.29 is 40.5 Å². The summed E-state index contributed by atoms with van der Waals surface area (Å²) in [5.74, 6) is -0.942. The van der Waals surface area contributed by atoms with Crippen molar-refractivity contribution in [2.24, 2.45) is 5.92 Å². The van der Waals surface area contributed by atoms with Gasteiger partial charge >= 0.3 is 35.5 Å². The van der Waals surface area contributed by atoms with Crippen molar-refractivity contribution >= 4 is 5.97 Å². The quantitative estimate of drug-likeness (QED) is 0.415. The zero-order valence-electron chi connectivity index (χ0n) is 9.67. The molecule has 0 aromatic heterocycles. The van der Waals surface area contributed by atoms with Gasteiger partial charge in [-0.3, -0.25) is 4.79 Å². The molecule has 0 fully saturated rings. The van der Waals surface area contributed by atoms with E-state index < -0.39 is 5.92 Å². The third-order valence-corrected chi connectivity index (χ3v) is 1.47. The van der Waals surface area contributed by atoms with Crippen LogP contribution in [0.4, 0.5) is 0 Å². The van der Waals surface area contributed by atoms with Crippen LogP contribution < -0.4 is 29.6 Å². The van der Waals surface area contributed by atoms with Gasteiger partial charge in [-0.1, -0.05) is 20.3 Å². The molecule has 0 rings (SSSR count). The standard InChI is InChI=1S/C9H15NO2.Na.H/c1-3-5-8(7-10)9(11)12-6-4-2;;/h8H,3-6H2,1-2H3;;/q;+1;-1. The Bertz CT molecular complexity index is 182. The van der Waals surface area contributed by atoms with Gasteiger partial charge in [0.2, 0.25) is 0 Å². The molecule has 0 aromatic rings. The maximum atomic E-state index is 11.1. The molecule has 0 saturated heterocycles. The van der Waals surface area contributed by atoms with Gasteiger partial charge in [-0.2, -0.15) is 5.26 Å². The first-order valence-corrected chi connectivity index (χ1v) is 4.32. The number of esters is 1. The molecular formula is C9H16NNaO2. The van der Waals surface area contributed by atoms with Crippen LogP contribution in [-0.4, -0.2) is 12.6 Å². The molecule has 0 aliphatic carbocycles. The third-order valence-electron chi connectivity index (χ3n) is 1.47. The summed E-state index contributed by atoms with van der Waals surface area (Å²) in [4.78, 5) is 11.1. The zero-order chi connectivity index (χ0) is 9.40. The number of nitrogens with zero attached hydrogens (tertiary/aromatic N) is 1. The predicted octanol–water partition coefficient (Wildman–Crippen LogP) is -1.00. The summed E-state index contributed by atoms with van der Waals surface area (Å²) >= 11 is 0. The fourth-order valence-electron chi connectivity index (χ4n) is 0.827. The van der Waals surface area contributed by atoms with Crippen molar-refractivity contribution in [2.45, 2.75) is 33.1 Å². The van der Waals surface area contributed by atoms with Crippen LogP contribution in [0.5, 0.6) is 0 Å². The predicted molar refractivity (Wildman–Crippen MR) is 46.4 cm³/mol. The number of rotatable bonds is 5. The van der Waals surface area contributed by atoms with Gasteiger partial charge in [0.05, 0.1) is 12.7 Å². The molecule has 0 aliphatic heterocycles. The van der Waals surface area contributed by atoms with Crippen LogP contribution in [0.15, 0.2) is 0 Å². The number of nitriles is 1. The van der Waals surface area contributed by atoms with Crippen LogP contribution in [0.2, 0.25) is 0 Å². The molecule has 0 amide bonds. The number of ether oxygens (including phenoxy) is 1. The summed E-state index contributed by atoms with van der Waals surface area (Å²) in [6.07, 6.45) is 2.23. The number of hydrogen-bond acceptors (Lipinski definition) is 3. The first kappa shape index (κ1) is 15.4. The van der Waals surface area contributed by atoms with Crippen molar-refractivity contribution in [2.75, 3.05) is 6.61 Å². The van der Waals surface area contributed by atoms with Gasteiger partial charge in [0, 0.05) is 0 Å². The average Bonchev–Trinajstić information content (AvgIpc) is 2.10. The molecule has 0 radical (unpaired) electrons. The molecule has 0 heterocycles. The minimum Gasteiger partial charge on any atom is -1.00 e. The van der Waals surface area contributed by atoms with E-state index in [-0.39, 0.29) is 37.0 Å². The Morgan fingerprint density at radius 3 is 2.54 bits per heavy atom. The molecular weight excluding hydrogens is 177 g/mol. The van der Waals surface area contributed by atoms with E-state index >= 15 is 0 Å². The maximum Gasteiger partial charge on any atom is 1.00 e. The molecule has 0 N–H and O–H groups in total. The summed E-state index contributed by atoms with van der Waals surface area (Å²) in [5, 5.41) is 8.58. The summed E-state index contributed by atoms with van der Waals surface area (Å²) < 4.78 is 4.84. The number of carbonyl (C=O) groups excluding carboxylic acids is 1. The Kier molecular flexibility index (Phi) is 11.9. The second kappa shape index (κ2) is 10.0. The first-order valence-electron chi connectivity index (χ1n) is 4.32. The molecule has 0 aliphatic rings. The van der Waals surface area contributed by atoms with Crippen LogP contribution in [0, 0.1) is 17.2 Å². The number of hydrogen-bond donors (Lipinski definition) is 0. The molecule has 0 aromatic carbocycles. The van der Waals surface area contributed by atoms with Crippen LogP contribution >= 0.6 is 0 Å². The average molecular weight is 193 g/mol. The van der Waals surface area contributed by atoms with Gasteiger partial charge in [-0.05, 0) is 12.8 Å². The van der Waals surface area contributed by atoms with Gasteiger partial charge < -0.3 is 6.16 Å². The van der Waals surface area contributed by atoms with Crippen molar-refractivity contribution in [1.29, 1.82) is 5.26 Å². The molecule has 0 bridgehead atoms. The van der Waals surface area contributed by atoms with Crippen molar-refractivity contribution in [3.63, 3.8) is 0 Å². The summed E-state index contributed by atoms with van der Waals surface area (Å²) in [7, 11) is 0. The van der Waals surface area contributed by atoms with Crippen LogP contribution in [0.3, 0.4) is 0 Å². The van der Waals surface area contributed by atoms with Crippen molar-refractivity contribution in [1.82, 2.24) is 0 Å². The zero-order valence-corrected chi connectivity index (χ0v) is 10.7. The number of carbonyl (C=O) groups is 1. The van der Waals surface area contributed by atoms with Crippen molar-refractivity contribution in [3.8, 4) is 6.07 Å². The molecule has 0 spiro atoms. The van der Waals surface area contributed by atoms with Gasteiger partial charge in [0.1, 0.15) is 5.92 Å².